The summed E-state index contributed by atoms with van der Waals surface area (Å²) < 4.78 is 52.9. The van der Waals surface area contributed by atoms with Crippen LogP contribution in [0.1, 0.15) is 71.0 Å². The van der Waals surface area contributed by atoms with Crippen LogP contribution in [-0.2, 0) is 13.1 Å². The molecule has 0 spiro atoms. The summed E-state index contributed by atoms with van der Waals surface area (Å²) in [5.41, 5.74) is 1.57. The Balaban J connectivity index is 1.18. The van der Waals surface area contributed by atoms with Gasteiger partial charge in [-0.25, -0.2) is 27.2 Å². The molecule has 2 aliphatic rings. The molecule has 38 heavy (non-hydrogen) atoms. The number of thiazole rings is 1. The normalized spacial score (nSPS) is 18.9. The van der Waals surface area contributed by atoms with Gasteiger partial charge in [-0.15, -0.1) is 11.3 Å². The van der Waals surface area contributed by atoms with E-state index in [1.54, 1.807) is 29.7 Å². The van der Waals surface area contributed by atoms with Gasteiger partial charge in [0.25, 0.3) is 18.5 Å². The first kappa shape index (κ1) is 26.3. The zero-order chi connectivity index (χ0) is 26.8. The quantitative estimate of drug-likeness (QED) is 0.233. The highest BCUT2D eigenvalue weighted by Crippen LogP contribution is 2.32. The van der Waals surface area contributed by atoms with Crippen molar-refractivity contribution in [1.82, 2.24) is 30.3 Å². The topological polar surface area (TPSA) is 101 Å². The average molecular weight is 552 g/mol. The van der Waals surface area contributed by atoms with E-state index in [1.165, 1.54) is 12.3 Å². The third-order valence-corrected chi connectivity index (χ3v) is 7.78. The number of non-ortho nitro benzene ring substituents is 1. The van der Waals surface area contributed by atoms with Crippen LogP contribution in [0.3, 0.4) is 0 Å². The Labute approximate surface area is 219 Å². The molecule has 0 aliphatic carbocycles. The highest BCUT2D eigenvalue weighted by atomic mass is 32.1. The zero-order valence-electron chi connectivity index (χ0n) is 20.1. The molecule has 14 heteroatoms. The number of nitro groups is 1. The van der Waals surface area contributed by atoms with Crippen LogP contribution >= 0.6 is 11.3 Å². The van der Waals surface area contributed by atoms with Crippen molar-refractivity contribution in [1.29, 1.82) is 0 Å². The molecule has 2 aliphatic heterocycles. The molecule has 4 heterocycles. The van der Waals surface area contributed by atoms with Gasteiger partial charge in [0.1, 0.15) is 17.6 Å². The van der Waals surface area contributed by atoms with Crippen molar-refractivity contribution in [2.45, 2.75) is 50.9 Å². The maximum Gasteiger partial charge on any atom is 0.282 e. The number of nitro benzene ring substituents is 1. The highest BCUT2D eigenvalue weighted by Gasteiger charge is 2.25. The maximum absolute atomic E-state index is 13.2. The predicted molar refractivity (Wildman–Crippen MR) is 133 cm³/mol. The van der Waals surface area contributed by atoms with Crippen LogP contribution in [0.2, 0.25) is 0 Å². The van der Waals surface area contributed by atoms with Gasteiger partial charge in [-0.3, -0.25) is 20.7 Å². The van der Waals surface area contributed by atoms with Gasteiger partial charge in [-0.1, -0.05) is 6.07 Å². The average Bonchev–Trinajstić information content (AvgIpc) is 3.51. The van der Waals surface area contributed by atoms with Gasteiger partial charge >= 0.3 is 0 Å². The molecule has 1 aromatic carbocycles. The minimum Gasteiger partial charge on any atom is -0.376 e. The number of rotatable bonds is 7. The third kappa shape index (κ3) is 5.71. The number of alkyl halides is 4. The third-order valence-electron chi connectivity index (χ3n) is 6.76. The van der Waals surface area contributed by atoms with Crippen molar-refractivity contribution < 1.29 is 22.5 Å². The Morgan fingerprint density at radius 3 is 2.47 bits per heavy atom. The number of nitrogens with one attached hydrogen (secondary N) is 2. The second-order valence-electron chi connectivity index (χ2n) is 9.16. The van der Waals surface area contributed by atoms with Gasteiger partial charge in [-0.2, -0.15) is 5.10 Å². The molecule has 202 valence electrons. The number of likely N-dealkylation sites (tertiary alicyclic amines) is 1. The fraction of sp³-hybridized carbons (Fsp3) is 0.417. The second-order valence-corrected chi connectivity index (χ2v) is 10.1. The van der Waals surface area contributed by atoms with Crippen LogP contribution in [0.15, 0.2) is 35.8 Å². The Morgan fingerprint density at radius 1 is 1.05 bits per heavy atom. The van der Waals surface area contributed by atoms with Gasteiger partial charge in [0.2, 0.25) is 0 Å². The molecule has 1 saturated heterocycles. The molecule has 3 aromatic rings. The SMILES string of the molecule is O=[N+]([O-])c1ccc2c(c1)CNC(c1csc(C3CCN(C=Cn4nc(C(F)F)cc4C(F)F)CC3)n1)NC2. The molecular formula is C24H25F4N7O2S. The maximum atomic E-state index is 13.2. The molecule has 2 N–H and O–H groups in total. The summed E-state index contributed by atoms with van der Waals surface area (Å²) in [6.07, 6.45) is -1.49. The summed E-state index contributed by atoms with van der Waals surface area (Å²) in [5.74, 6) is 0.246. The molecule has 0 bridgehead atoms. The first-order chi connectivity index (χ1) is 18.3. The number of halogens is 4. The van der Waals surface area contributed by atoms with Crippen LogP contribution in [0.5, 0.6) is 0 Å². The summed E-state index contributed by atoms with van der Waals surface area (Å²) in [6.45, 7) is 2.37. The highest BCUT2D eigenvalue weighted by molar-refractivity contribution is 7.09. The van der Waals surface area contributed by atoms with E-state index in [9.17, 15) is 27.7 Å². The van der Waals surface area contributed by atoms with Crippen molar-refractivity contribution in [2.75, 3.05) is 13.1 Å². The molecule has 9 nitrogen and oxygen atoms in total. The van der Waals surface area contributed by atoms with E-state index >= 15 is 0 Å². The van der Waals surface area contributed by atoms with Gasteiger partial charge in [0.05, 0.1) is 15.6 Å². The minimum atomic E-state index is -2.92. The molecule has 5 rings (SSSR count). The first-order valence-electron chi connectivity index (χ1n) is 12.0. The number of hydrogen-bond donors (Lipinski definition) is 2. The van der Waals surface area contributed by atoms with Crippen molar-refractivity contribution in [3.63, 3.8) is 0 Å². The number of piperidine rings is 1. The lowest BCUT2D eigenvalue weighted by Gasteiger charge is -2.30. The zero-order valence-corrected chi connectivity index (χ0v) is 20.9. The lowest BCUT2D eigenvalue weighted by molar-refractivity contribution is -0.384. The molecule has 0 radical (unpaired) electrons. The van der Waals surface area contributed by atoms with E-state index < -0.39 is 29.2 Å². The predicted octanol–water partition coefficient (Wildman–Crippen LogP) is 5.32. The fourth-order valence-electron chi connectivity index (χ4n) is 4.66. The number of benzene rings is 1. The molecular weight excluding hydrogens is 526 g/mol. The van der Waals surface area contributed by atoms with E-state index in [0.717, 1.165) is 45.4 Å². The number of fused-ring (bicyclic) bond motifs is 1. The Morgan fingerprint density at radius 2 is 1.79 bits per heavy atom. The molecule has 1 fully saturated rings. The van der Waals surface area contributed by atoms with Crippen molar-refractivity contribution in [3.05, 3.63) is 79.2 Å². The van der Waals surface area contributed by atoms with Crippen molar-refractivity contribution >= 4 is 23.2 Å². The van der Waals surface area contributed by atoms with E-state index in [0.29, 0.717) is 26.2 Å². The van der Waals surface area contributed by atoms with Crippen LogP contribution in [0.25, 0.3) is 6.20 Å². The standard InChI is InChI=1S/C24H25F4N7O2S/c25-21(26)18-10-20(22(27)28)34(32-18)8-7-33-5-3-14(4-6-33)24-31-19(13-38-24)23-29-11-15-1-2-17(35(36)37)9-16(15)12-30-23/h1-2,7-10,13-14,21-23,29-30H,3-6,11-12H2. The van der Waals surface area contributed by atoms with E-state index in [-0.39, 0.29) is 17.8 Å². The van der Waals surface area contributed by atoms with E-state index in [1.807, 2.05) is 10.3 Å². The van der Waals surface area contributed by atoms with E-state index in [2.05, 4.69) is 15.7 Å². The van der Waals surface area contributed by atoms with Crippen molar-refractivity contribution in [3.8, 4) is 0 Å². The fourth-order valence-corrected chi connectivity index (χ4v) is 5.68. The first-order valence-corrected chi connectivity index (χ1v) is 12.9. The van der Waals surface area contributed by atoms with Crippen molar-refractivity contribution in [2.24, 2.45) is 0 Å². The van der Waals surface area contributed by atoms with Gasteiger partial charge < -0.3 is 4.90 Å². The minimum absolute atomic E-state index is 0.0677. The molecule has 0 saturated carbocycles. The molecule has 0 amide bonds. The summed E-state index contributed by atoms with van der Waals surface area (Å²) in [5, 5.41) is 24.5. The second kappa shape index (κ2) is 11.2. The molecule has 1 atom stereocenters. The molecule has 1 unspecified atom stereocenters. The summed E-state index contributed by atoms with van der Waals surface area (Å²) in [6, 6.07) is 5.61. The van der Waals surface area contributed by atoms with Crippen LogP contribution < -0.4 is 10.6 Å². The van der Waals surface area contributed by atoms with Gasteiger partial charge in [0.15, 0.2) is 0 Å². The smallest absolute Gasteiger partial charge is 0.282 e. The molecule has 2 aromatic heterocycles. The van der Waals surface area contributed by atoms with Crippen LogP contribution in [0.4, 0.5) is 23.2 Å². The lowest BCUT2D eigenvalue weighted by Crippen LogP contribution is -2.31. The Bertz CT molecular complexity index is 1320. The van der Waals surface area contributed by atoms with Gasteiger partial charge in [-0.05, 0) is 30.0 Å². The number of nitrogens with zero attached hydrogens (tertiary/aromatic N) is 5. The van der Waals surface area contributed by atoms with E-state index in [4.69, 9.17) is 4.98 Å². The largest absolute Gasteiger partial charge is 0.376 e. The van der Waals surface area contributed by atoms with Crippen LogP contribution in [0, 0.1) is 10.1 Å². The summed E-state index contributed by atoms with van der Waals surface area (Å²) >= 11 is 1.58. The Kier molecular flexibility index (Phi) is 7.72. The Hall–Kier alpha value is -3.36. The summed E-state index contributed by atoms with van der Waals surface area (Å²) in [7, 11) is 0. The number of aromatic nitrogens is 3. The monoisotopic (exact) mass is 551 g/mol. The number of hydrogen-bond acceptors (Lipinski definition) is 8. The summed E-state index contributed by atoms with van der Waals surface area (Å²) in [4.78, 5) is 17.5. The van der Waals surface area contributed by atoms with Crippen LogP contribution in [-0.4, -0.2) is 37.7 Å². The lowest BCUT2D eigenvalue weighted by atomic mass is 9.98. The van der Waals surface area contributed by atoms with Gasteiger partial charge in [0, 0.05) is 62.0 Å².